The Morgan fingerprint density at radius 1 is 1.19 bits per heavy atom. The number of rotatable bonds is 3. The number of thiocarbonyl (C=S) groups is 1. The molecule has 0 aliphatic rings. The fourth-order valence-corrected chi connectivity index (χ4v) is 1.98. The molecule has 3 nitrogen and oxygen atoms in total. The van der Waals surface area contributed by atoms with Gasteiger partial charge in [-0.05, 0) is 31.2 Å². The Bertz CT molecular complexity index is 683. The summed E-state index contributed by atoms with van der Waals surface area (Å²) in [4.78, 5) is 4.23. The van der Waals surface area contributed by atoms with E-state index in [2.05, 4.69) is 10.3 Å². The number of para-hydroxylation sites is 1. The van der Waals surface area contributed by atoms with Gasteiger partial charge in [-0.3, -0.25) is 0 Å². The molecule has 7 heteroatoms. The first-order valence-corrected chi connectivity index (χ1v) is 6.40. The molecule has 1 aromatic carbocycles. The molecule has 0 aliphatic heterocycles. The molecule has 0 aliphatic carbocycles. The topological polar surface area (TPSA) is 50.9 Å². The van der Waals surface area contributed by atoms with Gasteiger partial charge >= 0.3 is 6.18 Å². The molecular weight excluding hydrogens is 299 g/mol. The Morgan fingerprint density at radius 2 is 1.86 bits per heavy atom. The minimum absolute atomic E-state index is 0.0643. The van der Waals surface area contributed by atoms with Crippen molar-refractivity contribution in [2.75, 3.05) is 5.32 Å². The molecule has 0 atom stereocenters. The van der Waals surface area contributed by atoms with E-state index in [1.165, 1.54) is 18.2 Å². The van der Waals surface area contributed by atoms with E-state index in [9.17, 15) is 13.2 Å². The highest BCUT2D eigenvalue weighted by Gasteiger charge is 2.33. The first-order valence-electron chi connectivity index (χ1n) is 5.99. The molecule has 0 spiro atoms. The number of nitrogens with zero attached hydrogens (tertiary/aromatic N) is 1. The van der Waals surface area contributed by atoms with Crippen molar-refractivity contribution in [1.29, 1.82) is 0 Å². The second-order valence-electron chi connectivity index (χ2n) is 4.38. The Balaban J connectivity index is 2.49. The van der Waals surface area contributed by atoms with E-state index in [1.807, 2.05) is 0 Å². The number of hydrogen-bond donors (Lipinski definition) is 2. The number of aryl methyl sites for hydroxylation is 1. The first-order chi connectivity index (χ1) is 9.79. The van der Waals surface area contributed by atoms with Crippen LogP contribution in [0.2, 0.25) is 0 Å². The van der Waals surface area contributed by atoms with E-state index < -0.39 is 11.7 Å². The van der Waals surface area contributed by atoms with E-state index in [1.54, 1.807) is 19.1 Å². The number of halogens is 3. The lowest BCUT2D eigenvalue weighted by atomic mass is 10.1. The lowest BCUT2D eigenvalue weighted by Crippen LogP contribution is -2.15. The summed E-state index contributed by atoms with van der Waals surface area (Å²) < 4.78 is 38.9. The Hall–Kier alpha value is -2.15. The van der Waals surface area contributed by atoms with Crippen LogP contribution >= 0.6 is 12.2 Å². The molecule has 0 bridgehead atoms. The summed E-state index contributed by atoms with van der Waals surface area (Å²) in [5.41, 5.74) is 5.74. The van der Waals surface area contributed by atoms with E-state index in [0.717, 1.165) is 6.07 Å². The minimum Gasteiger partial charge on any atom is -0.389 e. The fraction of sp³-hybridized carbons (Fsp3) is 0.143. The lowest BCUT2D eigenvalue weighted by Gasteiger charge is -2.16. The number of nitrogens with two attached hydrogens (primary N) is 1. The second kappa shape index (κ2) is 5.69. The highest BCUT2D eigenvalue weighted by molar-refractivity contribution is 7.80. The van der Waals surface area contributed by atoms with Gasteiger partial charge in [0.1, 0.15) is 10.8 Å². The second-order valence-corrected chi connectivity index (χ2v) is 4.82. The number of hydrogen-bond acceptors (Lipinski definition) is 3. The normalized spacial score (nSPS) is 11.2. The Labute approximate surface area is 125 Å². The van der Waals surface area contributed by atoms with E-state index in [4.69, 9.17) is 18.0 Å². The maximum absolute atomic E-state index is 13.0. The standard InChI is InChI=1S/C14H12F3N3S/c1-8-6-7-9(12(18)21)13(19-8)20-11-5-3-2-4-10(11)14(15,16)17/h2-7H,1H3,(H2,18,21)(H,19,20). The number of benzene rings is 1. The van der Waals surface area contributed by atoms with Gasteiger partial charge in [0.2, 0.25) is 0 Å². The predicted molar refractivity (Wildman–Crippen MR) is 79.6 cm³/mol. The van der Waals surface area contributed by atoms with Crippen LogP contribution in [0.5, 0.6) is 0 Å². The third-order valence-electron chi connectivity index (χ3n) is 2.79. The largest absolute Gasteiger partial charge is 0.418 e. The third-order valence-corrected chi connectivity index (χ3v) is 3.01. The molecule has 2 aromatic rings. The Morgan fingerprint density at radius 3 is 2.48 bits per heavy atom. The zero-order chi connectivity index (χ0) is 15.6. The average Bonchev–Trinajstić information content (AvgIpc) is 2.37. The maximum Gasteiger partial charge on any atom is 0.418 e. The molecule has 0 fully saturated rings. The van der Waals surface area contributed by atoms with Crippen LogP contribution in [-0.4, -0.2) is 9.97 Å². The summed E-state index contributed by atoms with van der Waals surface area (Å²) >= 11 is 4.89. The molecule has 1 aromatic heterocycles. The molecule has 3 N–H and O–H groups in total. The average molecular weight is 311 g/mol. The molecule has 0 saturated carbocycles. The van der Waals surface area contributed by atoms with Crippen molar-refractivity contribution in [2.45, 2.75) is 13.1 Å². The van der Waals surface area contributed by atoms with Crippen LogP contribution in [0, 0.1) is 6.92 Å². The van der Waals surface area contributed by atoms with Gasteiger partial charge in [-0.25, -0.2) is 4.98 Å². The van der Waals surface area contributed by atoms with Gasteiger partial charge in [0.25, 0.3) is 0 Å². The van der Waals surface area contributed by atoms with Crippen LogP contribution < -0.4 is 11.1 Å². The van der Waals surface area contributed by atoms with Gasteiger partial charge in [0.05, 0.1) is 16.8 Å². The zero-order valence-electron chi connectivity index (χ0n) is 11.0. The van der Waals surface area contributed by atoms with Gasteiger partial charge in [-0.1, -0.05) is 24.4 Å². The van der Waals surface area contributed by atoms with Crippen LogP contribution in [0.25, 0.3) is 0 Å². The van der Waals surface area contributed by atoms with Crippen LogP contribution in [0.4, 0.5) is 24.7 Å². The summed E-state index contributed by atoms with van der Waals surface area (Å²) in [6.45, 7) is 1.73. The lowest BCUT2D eigenvalue weighted by molar-refractivity contribution is -0.136. The summed E-state index contributed by atoms with van der Waals surface area (Å²) in [6, 6.07) is 8.48. The number of pyridine rings is 1. The molecular formula is C14H12F3N3S. The minimum atomic E-state index is -4.46. The van der Waals surface area contributed by atoms with Gasteiger partial charge in [-0.2, -0.15) is 13.2 Å². The molecule has 110 valence electrons. The highest BCUT2D eigenvalue weighted by atomic mass is 32.1. The van der Waals surface area contributed by atoms with Crippen molar-refractivity contribution in [2.24, 2.45) is 5.73 Å². The SMILES string of the molecule is Cc1ccc(C(N)=S)c(Nc2ccccc2C(F)(F)F)n1. The fourth-order valence-electron chi connectivity index (χ4n) is 1.82. The van der Waals surface area contributed by atoms with Crippen LogP contribution in [0.3, 0.4) is 0 Å². The summed E-state index contributed by atoms with van der Waals surface area (Å²) in [7, 11) is 0. The molecule has 2 rings (SSSR count). The molecule has 0 saturated heterocycles. The van der Waals surface area contributed by atoms with E-state index in [0.29, 0.717) is 11.3 Å². The molecule has 0 radical (unpaired) electrons. The smallest absolute Gasteiger partial charge is 0.389 e. The summed E-state index contributed by atoms with van der Waals surface area (Å²) in [5, 5.41) is 2.67. The van der Waals surface area contributed by atoms with Gasteiger partial charge in [0.15, 0.2) is 0 Å². The molecule has 1 heterocycles. The monoisotopic (exact) mass is 311 g/mol. The summed E-state index contributed by atoms with van der Waals surface area (Å²) in [5.74, 6) is 0.208. The molecule has 0 unspecified atom stereocenters. The highest BCUT2D eigenvalue weighted by Crippen LogP contribution is 2.36. The van der Waals surface area contributed by atoms with Gasteiger partial charge < -0.3 is 11.1 Å². The third kappa shape index (κ3) is 3.49. The summed E-state index contributed by atoms with van der Waals surface area (Å²) in [6.07, 6.45) is -4.46. The van der Waals surface area contributed by atoms with E-state index >= 15 is 0 Å². The van der Waals surface area contributed by atoms with Gasteiger partial charge in [-0.15, -0.1) is 0 Å². The predicted octanol–water partition coefficient (Wildman–Crippen LogP) is 3.79. The quantitative estimate of drug-likeness (QED) is 0.847. The van der Waals surface area contributed by atoms with Crippen molar-refractivity contribution in [3.63, 3.8) is 0 Å². The van der Waals surface area contributed by atoms with Gasteiger partial charge in [0, 0.05) is 5.69 Å². The van der Waals surface area contributed by atoms with Crippen molar-refractivity contribution >= 4 is 28.7 Å². The van der Waals surface area contributed by atoms with Crippen LogP contribution in [0.15, 0.2) is 36.4 Å². The van der Waals surface area contributed by atoms with Crippen LogP contribution in [-0.2, 0) is 6.18 Å². The maximum atomic E-state index is 13.0. The van der Waals surface area contributed by atoms with Crippen molar-refractivity contribution in [3.05, 3.63) is 53.2 Å². The molecule has 0 amide bonds. The van der Waals surface area contributed by atoms with Crippen molar-refractivity contribution in [1.82, 2.24) is 4.98 Å². The van der Waals surface area contributed by atoms with Crippen LogP contribution in [0.1, 0.15) is 16.8 Å². The molecule has 21 heavy (non-hydrogen) atoms. The number of anilines is 2. The van der Waals surface area contributed by atoms with Crippen molar-refractivity contribution in [3.8, 4) is 0 Å². The first kappa shape index (κ1) is 15.2. The Kier molecular flexibility index (Phi) is 4.13. The number of aromatic nitrogens is 1. The zero-order valence-corrected chi connectivity index (χ0v) is 11.8. The number of nitrogens with one attached hydrogen (secondary N) is 1. The van der Waals surface area contributed by atoms with Crippen molar-refractivity contribution < 1.29 is 13.2 Å². The van der Waals surface area contributed by atoms with E-state index in [-0.39, 0.29) is 16.5 Å². The number of alkyl halides is 3.